The molecule has 15 heavy (non-hydrogen) atoms. The largest absolute Gasteiger partial charge is 0.351 e. The summed E-state index contributed by atoms with van der Waals surface area (Å²) in [4.78, 5) is 0. The molecule has 0 aromatic carbocycles. The van der Waals surface area contributed by atoms with E-state index in [1.165, 1.54) is 0 Å². The number of rotatable bonds is 1. The van der Waals surface area contributed by atoms with E-state index in [2.05, 4.69) is 29.1 Å². The Balaban J connectivity index is 1.65. The molecule has 0 atom stereocenters. The highest BCUT2D eigenvalue weighted by Gasteiger charge is 2.40. The van der Waals surface area contributed by atoms with E-state index >= 15 is 0 Å². The van der Waals surface area contributed by atoms with Crippen molar-refractivity contribution in [1.29, 1.82) is 0 Å². The number of aromatic nitrogens is 1. The van der Waals surface area contributed by atoms with Gasteiger partial charge in [-0.1, -0.05) is 0 Å². The van der Waals surface area contributed by atoms with Gasteiger partial charge in [-0.2, -0.15) is 0 Å². The van der Waals surface area contributed by atoms with Gasteiger partial charge in [-0.05, 0) is 25.0 Å². The van der Waals surface area contributed by atoms with Crippen LogP contribution in [0.15, 0.2) is 24.5 Å². The van der Waals surface area contributed by atoms with Gasteiger partial charge in [-0.25, -0.2) is 0 Å². The van der Waals surface area contributed by atoms with Crippen molar-refractivity contribution in [3.63, 3.8) is 0 Å². The monoisotopic (exact) mass is 207 g/mol. The summed E-state index contributed by atoms with van der Waals surface area (Å²) in [6.07, 6.45) is 8.70. The summed E-state index contributed by atoms with van der Waals surface area (Å²) >= 11 is 0. The smallest absolute Gasteiger partial charge is 0.168 e. The van der Waals surface area contributed by atoms with Crippen molar-refractivity contribution < 1.29 is 9.47 Å². The summed E-state index contributed by atoms with van der Waals surface area (Å²) in [5.74, 6) is -0.219. The minimum atomic E-state index is -0.219. The quantitative estimate of drug-likeness (QED) is 0.705. The highest BCUT2D eigenvalue weighted by molar-refractivity contribution is 4.95. The van der Waals surface area contributed by atoms with Gasteiger partial charge < -0.3 is 14.0 Å². The normalized spacial score (nSPS) is 26.1. The second-order valence-corrected chi connectivity index (χ2v) is 4.47. The SMILES string of the molecule is c1ccn(C2CCC3(CC2)OCCO3)c1. The Morgan fingerprint density at radius 1 is 1.00 bits per heavy atom. The predicted molar refractivity (Wildman–Crippen MR) is 56.6 cm³/mol. The topological polar surface area (TPSA) is 23.4 Å². The van der Waals surface area contributed by atoms with Gasteiger partial charge in [0.05, 0.1) is 13.2 Å². The van der Waals surface area contributed by atoms with E-state index in [0.717, 1.165) is 38.9 Å². The molecule has 1 aromatic heterocycles. The summed E-state index contributed by atoms with van der Waals surface area (Å²) in [5.41, 5.74) is 0. The molecule has 2 heterocycles. The summed E-state index contributed by atoms with van der Waals surface area (Å²) in [6, 6.07) is 4.82. The fourth-order valence-electron chi connectivity index (χ4n) is 2.72. The lowest BCUT2D eigenvalue weighted by atomic mass is 9.90. The molecule has 0 radical (unpaired) electrons. The van der Waals surface area contributed by atoms with E-state index in [-0.39, 0.29) is 5.79 Å². The molecule has 0 unspecified atom stereocenters. The zero-order valence-electron chi connectivity index (χ0n) is 8.89. The average molecular weight is 207 g/mol. The minimum Gasteiger partial charge on any atom is -0.351 e. The van der Waals surface area contributed by atoms with Crippen LogP contribution in [0.4, 0.5) is 0 Å². The predicted octanol–water partition coefficient (Wildman–Crippen LogP) is 2.35. The van der Waals surface area contributed by atoms with Crippen molar-refractivity contribution in [2.24, 2.45) is 0 Å². The average Bonchev–Trinajstić information content (AvgIpc) is 2.91. The van der Waals surface area contributed by atoms with Gasteiger partial charge in [-0.3, -0.25) is 0 Å². The van der Waals surface area contributed by atoms with Gasteiger partial charge >= 0.3 is 0 Å². The first-order valence-corrected chi connectivity index (χ1v) is 5.78. The molecule has 3 rings (SSSR count). The summed E-state index contributed by atoms with van der Waals surface area (Å²) in [7, 11) is 0. The van der Waals surface area contributed by atoms with Crippen LogP contribution in [0.3, 0.4) is 0 Å². The summed E-state index contributed by atoms with van der Waals surface area (Å²) in [5, 5.41) is 0. The Morgan fingerprint density at radius 2 is 1.60 bits per heavy atom. The fraction of sp³-hybridized carbons (Fsp3) is 0.667. The molecule has 0 N–H and O–H groups in total. The first kappa shape index (κ1) is 9.43. The van der Waals surface area contributed by atoms with Crippen molar-refractivity contribution in [1.82, 2.24) is 4.57 Å². The first-order valence-electron chi connectivity index (χ1n) is 5.78. The van der Waals surface area contributed by atoms with Crippen molar-refractivity contribution in [2.75, 3.05) is 13.2 Å². The molecular weight excluding hydrogens is 190 g/mol. The van der Waals surface area contributed by atoms with Crippen LogP contribution in [0, 0.1) is 0 Å². The fourth-order valence-corrected chi connectivity index (χ4v) is 2.72. The standard InChI is InChI=1S/C12H17NO2/c1-2-8-13(7-1)11-3-5-12(6-4-11)14-9-10-15-12/h1-2,7-8,11H,3-6,9-10H2. The molecule has 1 aromatic rings. The summed E-state index contributed by atoms with van der Waals surface area (Å²) < 4.78 is 13.7. The van der Waals surface area contributed by atoms with E-state index in [9.17, 15) is 0 Å². The number of ether oxygens (including phenoxy) is 2. The highest BCUT2D eigenvalue weighted by atomic mass is 16.7. The molecule has 3 nitrogen and oxygen atoms in total. The molecule has 0 bridgehead atoms. The maximum absolute atomic E-state index is 5.72. The number of hydrogen-bond acceptors (Lipinski definition) is 2. The van der Waals surface area contributed by atoms with Gasteiger partial charge in [0.2, 0.25) is 0 Å². The Morgan fingerprint density at radius 3 is 2.20 bits per heavy atom. The number of hydrogen-bond donors (Lipinski definition) is 0. The zero-order valence-corrected chi connectivity index (χ0v) is 8.89. The van der Waals surface area contributed by atoms with Gasteiger partial charge in [0.15, 0.2) is 5.79 Å². The van der Waals surface area contributed by atoms with Crippen molar-refractivity contribution in [2.45, 2.75) is 37.5 Å². The molecule has 2 fully saturated rings. The molecule has 2 aliphatic rings. The first-order chi connectivity index (χ1) is 7.38. The lowest BCUT2D eigenvalue weighted by Gasteiger charge is -2.35. The lowest BCUT2D eigenvalue weighted by molar-refractivity contribution is -0.181. The summed E-state index contributed by atoms with van der Waals surface area (Å²) in [6.45, 7) is 1.54. The van der Waals surface area contributed by atoms with E-state index in [0.29, 0.717) is 6.04 Å². The Bertz CT molecular complexity index is 304. The Hall–Kier alpha value is -0.800. The zero-order chi connectivity index (χ0) is 10.1. The molecule has 1 saturated heterocycles. The third-order valence-corrected chi connectivity index (χ3v) is 3.58. The van der Waals surface area contributed by atoms with Crippen LogP contribution >= 0.6 is 0 Å². The van der Waals surface area contributed by atoms with Crippen molar-refractivity contribution in [3.8, 4) is 0 Å². The van der Waals surface area contributed by atoms with Crippen LogP contribution in [-0.4, -0.2) is 23.6 Å². The van der Waals surface area contributed by atoms with E-state index in [4.69, 9.17) is 9.47 Å². The van der Waals surface area contributed by atoms with Crippen LogP contribution in [0.2, 0.25) is 0 Å². The van der Waals surface area contributed by atoms with E-state index < -0.39 is 0 Å². The molecular formula is C12H17NO2. The second-order valence-electron chi connectivity index (χ2n) is 4.47. The molecule has 0 amide bonds. The molecule has 82 valence electrons. The minimum absolute atomic E-state index is 0.219. The van der Waals surface area contributed by atoms with Crippen LogP contribution in [-0.2, 0) is 9.47 Å². The number of nitrogens with zero attached hydrogens (tertiary/aromatic N) is 1. The van der Waals surface area contributed by atoms with Crippen molar-refractivity contribution in [3.05, 3.63) is 24.5 Å². The highest BCUT2D eigenvalue weighted by Crippen LogP contribution is 2.39. The van der Waals surface area contributed by atoms with Gasteiger partial charge in [0, 0.05) is 31.3 Å². The Kier molecular flexibility index (Phi) is 2.29. The van der Waals surface area contributed by atoms with Crippen LogP contribution in [0.25, 0.3) is 0 Å². The van der Waals surface area contributed by atoms with Crippen molar-refractivity contribution >= 4 is 0 Å². The van der Waals surface area contributed by atoms with Crippen LogP contribution in [0.1, 0.15) is 31.7 Å². The van der Waals surface area contributed by atoms with Gasteiger partial charge in [0.25, 0.3) is 0 Å². The molecule has 1 saturated carbocycles. The molecule has 1 aliphatic heterocycles. The van der Waals surface area contributed by atoms with Crippen LogP contribution < -0.4 is 0 Å². The van der Waals surface area contributed by atoms with Gasteiger partial charge in [-0.15, -0.1) is 0 Å². The Labute approximate surface area is 90.0 Å². The van der Waals surface area contributed by atoms with E-state index in [1.807, 2.05) is 0 Å². The maximum Gasteiger partial charge on any atom is 0.168 e. The molecule has 1 aliphatic carbocycles. The van der Waals surface area contributed by atoms with Crippen LogP contribution in [0.5, 0.6) is 0 Å². The third-order valence-electron chi connectivity index (χ3n) is 3.58. The maximum atomic E-state index is 5.72. The lowest BCUT2D eigenvalue weighted by Crippen LogP contribution is -2.35. The van der Waals surface area contributed by atoms with Gasteiger partial charge in [0.1, 0.15) is 0 Å². The second kappa shape index (κ2) is 3.65. The van der Waals surface area contributed by atoms with E-state index in [1.54, 1.807) is 0 Å². The molecule has 1 spiro atoms. The third kappa shape index (κ3) is 1.70. The molecule has 3 heteroatoms.